The van der Waals surface area contributed by atoms with E-state index in [-0.39, 0.29) is 0 Å². The minimum atomic E-state index is 1.02. The number of para-hydroxylation sites is 1. The van der Waals surface area contributed by atoms with E-state index in [0.29, 0.717) is 0 Å². The molecule has 3 heterocycles. The molecule has 0 saturated carbocycles. The third kappa shape index (κ3) is 1.77. The Hall–Kier alpha value is -4.24. The van der Waals surface area contributed by atoms with Gasteiger partial charge in [-0.2, -0.15) is 0 Å². The highest BCUT2D eigenvalue weighted by molar-refractivity contribution is 6.36. The van der Waals surface area contributed by atoms with Crippen LogP contribution in [0.3, 0.4) is 0 Å². The van der Waals surface area contributed by atoms with Crippen molar-refractivity contribution in [1.82, 2.24) is 14.4 Å². The molecule has 8 rings (SSSR count). The van der Waals surface area contributed by atoms with Gasteiger partial charge < -0.3 is 4.40 Å². The molecule has 0 aliphatic heterocycles. The fraction of sp³-hybridized carbons (Fsp3) is 0. The van der Waals surface area contributed by atoms with Crippen LogP contribution in [0.1, 0.15) is 0 Å². The third-order valence-corrected chi connectivity index (χ3v) is 6.77. The lowest BCUT2D eigenvalue weighted by atomic mass is 9.97. The predicted molar refractivity (Wildman–Crippen MR) is 129 cm³/mol. The van der Waals surface area contributed by atoms with Gasteiger partial charge in [0.25, 0.3) is 0 Å². The van der Waals surface area contributed by atoms with Crippen molar-refractivity contribution in [2.45, 2.75) is 0 Å². The molecule has 0 aliphatic carbocycles. The van der Waals surface area contributed by atoms with Gasteiger partial charge in [0.2, 0.25) is 0 Å². The number of hydrogen-bond donors (Lipinski definition) is 0. The topological polar surface area (TPSA) is 30.2 Å². The second-order valence-corrected chi connectivity index (χ2v) is 8.28. The van der Waals surface area contributed by atoms with Gasteiger partial charge in [-0.1, -0.05) is 66.7 Å². The van der Waals surface area contributed by atoms with Gasteiger partial charge in [-0.3, -0.25) is 0 Å². The lowest BCUT2D eigenvalue weighted by molar-refractivity contribution is 1.26. The molecule has 31 heavy (non-hydrogen) atoms. The molecule has 0 atom stereocenters. The first kappa shape index (κ1) is 15.6. The summed E-state index contributed by atoms with van der Waals surface area (Å²) in [6.45, 7) is 0. The standard InChI is InChI=1S/C28H15N3/c1-2-8-17-14-23-21(13-16(17)7-1)27-25-26(29-15-30-27)19-10-4-3-9-18(19)24-20-11-5-6-12-22(20)31(23)28(24)25/h1-15H. The van der Waals surface area contributed by atoms with Crippen LogP contribution in [0, 0.1) is 0 Å². The van der Waals surface area contributed by atoms with Crippen molar-refractivity contribution in [2.24, 2.45) is 0 Å². The summed E-state index contributed by atoms with van der Waals surface area (Å²) < 4.78 is 2.43. The summed E-state index contributed by atoms with van der Waals surface area (Å²) >= 11 is 0. The number of hydrogen-bond acceptors (Lipinski definition) is 2. The summed E-state index contributed by atoms with van der Waals surface area (Å²) in [7, 11) is 0. The fourth-order valence-corrected chi connectivity index (χ4v) is 5.53. The number of rotatable bonds is 0. The molecule has 0 fully saturated rings. The van der Waals surface area contributed by atoms with Crippen molar-refractivity contribution >= 4 is 70.7 Å². The number of aromatic nitrogens is 3. The Kier molecular flexibility index (Phi) is 2.65. The highest BCUT2D eigenvalue weighted by Crippen LogP contribution is 2.44. The largest absolute Gasteiger partial charge is 0.308 e. The minimum Gasteiger partial charge on any atom is -0.308 e. The van der Waals surface area contributed by atoms with E-state index in [9.17, 15) is 0 Å². The Morgan fingerprint density at radius 3 is 2.00 bits per heavy atom. The molecular formula is C28H15N3. The molecule has 3 aromatic heterocycles. The Morgan fingerprint density at radius 2 is 1.16 bits per heavy atom. The molecule has 0 spiro atoms. The average molecular weight is 393 g/mol. The van der Waals surface area contributed by atoms with Crippen LogP contribution in [0.4, 0.5) is 0 Å². The highest BCUT2D eigenvalue weighted by Gasteiger charge is 2.22. The average Bonchev–Trinajstić information content (AvgIpc) is 3.19. The lowest BCUT2D eigenvalue weighted by Gasteiger charge is -2.14. The van der Waals surface area contributed by atoms with Crippen molar-refractivity contribution < 1.29 is 0 Å². The molecule has 0 amide bonds. The van der Waals surface area contributed by atoms with Gasteiger partial charge in [-0.25, -0.2) is 9.97 Å². The van der Waals surface area contributed by atoms with Crippen LogP contribution in [0.2, 0.25) is 0 Å². The molecule has 0 aliphatic rings. The molecule has 0 bridgehead atoms. The zero-order valence-electron chi connectivity index (χ0n) is 16.5. The molecule has 0 radical (unpaired) electrons. The monoisotopic (exact) mass is 393 g/mol. The van der Waals surface area contributed by atoms with E-state index < -0.39 is 0 Å². The van der Waals surface area contributed by atoms with Crippen molar-refractivity contribution in [2.75, 3.05) is 0 Å². The van der Waals surface area contributed by atoms with E-state index >= 15 is 0 Å². The molecule has 8 aromatic rings. The molecule has 5 aromatic carbocycles. The second kappa shape index (κ2) is 5.27. The first-order valence-corrected chi connectivity index (χ1v) is 10.5. The Morgan fingerprint density at radius 1 is 0.516 bits per heavy atom. The van der Waals surface area contributed by atoms with E-state index in [4.69, 9.17) is 9.97 Å². The summed E-state index contributed by atoms with van der Waals surface area (Å²) in [6.07, 6.45) is 1.72. The molecule has 3 nitrogen and oxygen atoms in total. The van der Waals surface area contributed by atoms with E-state index in [2.05, 4.69) is 89.3 Å². The van der Waals surface area contributed by atoms with Gasteiger partial charge in [0.05, 0.1) is 33.0 Å². The molecule has 142 valence electrons. The predicted octanol–water partition coefficient (Wildman–Crippen LogP) is 7.09. The van der Waals surface area contributed by atoms with Gasteiger partial charge in [0.1, 0.15) is 6.33 Å². The maximum Gasteiger partial charge on any atom is 0.116 e. The Balaban J connectivity index is 1.87. The van der Waals surface area contributed by atoms with Crippen molar-refractivity contribution in [3.63, 3.8) is 0 Å². The van der Waals surface area contributed by atoms with Gasteiger partial charge >= 0.3 is 0 Å². The number of benzene rings is 5. The molecule has 0 saturated heterocycles. The molecule has 3 heteroatoms. The van der Waals surface area contributed by atoms with Gasteiger partial charge in [0.15, 0.2) is 0 Å². The normalized spacial score (nSPS) is 12.5. The lowest BCUT2D eigenvalue weighted by Crippen LogP contribution is -1.96. The zero-order chi connectivity index (χ0) is 20.1. The number of fused-ring (bicyclic) bond motifs is 10. The molecule has 0 unspecified atom stereocenters. The number of pyridine rings is 1. The maximum absolute atomic E-state index is 4.82. The first-order chi connectivity index (χ1) is 15.4. The first-order valence-electron chi connectivity index (χ1n) is 10.5. The van der Waals surface area contributed by atoms with Crippen LogP contribution in [0.25, 0.3) is 70.7 Å². The van der Waals surface area contributed by atoms with E-state index in [1.165, 1.54) is 48.9 Å². The van der Waals surface area contributed by atoms with Crippen molar-refractivity contribution in [3.8, 4) is 0 Å². The smallest absolute Gasteiger partial charge is 0.116 e. The Labute approximate surface area is 176 Å². The van der Waals surface area contributed by atoms with E-state index in [0.717, 1.165) is 21.8 Å². The van der Waals surface area contributed by atoms with Crippen molar-refractivity contribution in [3.05, 3.63) is 91.3 Å². The van der Waals surface area contributed by atoms with E-state index in [1.807, 2.05) is 0 Å². The SMILES string of the molecule is c1ccc2cc3c(cc2c1)c1ncnc2c4ccccc4c4c5ccccc5n3c4c21. The summed E-state index contributed by atoms with van der Waals surface area (Å²) in [5, 5.41) is 9.76. The second-order valence-electron chi connectivity index (χ2n) is 8.28. The zero-order valence-corrected chi connectivity index (χ0v) is 16.5. The quantitative estimate of drug-likeness (QED) is 0.203. The van der Waals surface area contributed by atoms with Gasteiger partial charge in [0, 0.05) is 21.5 Å². The molecule has 0 N–H and O–H groups in total. The Bertz CT molecular complexity index is 2000. The van der Waals surface area contributed by atoms with Crippen LogP contribution < -0.4 is 0 Å². The fourth-order valence-electron chi connectivity index (χ4n) is 5.53. The van der Waals surface area contributed by atoms with Crippen LogP contribution >= 0.6 is 0 Å². The summed E-state index contributed by atoms with van der Waals surface area (Å²) in [5.74, 6) is 0. The van der Waals surface area contributed by atoms with Gasteiger partial charge in [-0.15, -0.1) is 0 Å². The third-order valence-electron chi connectivity index (χ3n) is 6.77. The van der Waals surface area contributed by atoms with E-state index in [1.54, 1.807) is 6.33 Å². The summed E-state index contributed by atoms with van der Waals surface area (Å²) in [4.78, 5) is 9.60. The van der Waals surface area contributed by atoms with Crippen LogP contribution in [-0.4, -0.2) is 14.4 Å². The van der Waals surface area contributed by atoms with Crippen molar-refractivity contribution in [1.29, 1.82) is 0 Å². The van der Waals surface area contributed by atoms with Crippen LogP contribution in [-0.2, 0) is 0 Å². The number of nitrogens with zero attached hydrogens (tertiary/aromatic N) is 3. The van der Waals surface area contributed by atoms with Crippen LogP contribution in [0.5, 0.6) is 0 Å². The summed E-state index contributed by atoms with van der Waals surface area (Å²) in [5.41, 5.74) is 5.68. The highest BCUT2D eigenvalue weighted by atomic mass is 14.9. The minimum absolute atomic E-state index is 1.02. The van der Waals surface area contributed by atoms with Crippen LogP contribution in [0.15, 0.2) is 91.3 Å². The molecular weight excluding hydrogens is 378 g/mol. The van der Waals surface area contributed by atoms with Gasteiger partial charge in [-0.05, 0) is 34.4 Å². The maximum atomic E-state index is 4.82. The summed E-state index contributed by atoms with van der Waals surface area (Å²) in [6, 6.07) is 30.5.